The fraction of sp³-hybridized carbons (Fsp3) is 0.292. The Morgan fingerprint density at radius 2 is 1.89 bits per heavy atom. The number of ether oxygens (including phenoxy) is 1. The summed E-state index contributed by atoms with van der Waals surface area (Å²) in [5.41, 5.74) is 2.90. The zero-order chi connectivity index (χ0) is 25.2. The van der Waals surface area contributed by atoms with Crippen molar-refractivity contribution in [2.45, 2.75) is 25.1 Å². The number of aromatic nitrogens is 2. The molecule has 0 saturated carbocycles. The molecule has 1 atom stereocenters. The molecule has 3 aromatic rings. The highest BCUT2D eigenvalue weighted by molar-refractivity contribution is 6.30. The lowest BCUT2D eigenvalue weighted by atomic mass is 10.1. The largest absolute Gasteiger partial charge is 0.416 e. The van der Waals surface area contributed by atoms with E-state index in [1.807, 2.05) is 24.3 Å². The van der Waals surface area contributed by atoms with Gasteiger partial charge < -0.3 is 9.64 Å². The van der Waals surface area contributed by atoms with Crippen LogP contribution in [0.4, 0.5) is 17.6 Å². The van der Waals surface area contributed by atoms with E-state index >= 15 is 0 Å². The van der Waals surface area contributed by atoms with Crippen LogP contribution in [0.25, 0.3) is 11.3 Å². The maximum absolute atomic E-state index is 13.5. The highest BCUT2D eigenvalue weighted by Gasteiger charge is 2.44. The molecule has 1 unspecified atom stereocenters. The Morgan fingerprint density at radius 1 is 1.20 bits per heavy atom. The van der Waals surface area contributed by atoms with E-state index in [1.165, 1.54) is 15.6 Å². The van der Waals surface area contributed by atoms with Crippen molar-refractivity contribution in [3.63, 3.8) is 0 Å². The standard InChI is InChI=1S/C24H21ClF4N4O2/c1-30-11-15-2-4-16(5-3-15)12-32-13-19(14-35-24(28,29)23(26)27)33-21(22(32)34)10-20(31-33)17-6-8-18(25)9-7-17/h2-11,19,23H,12-14H2,1H3. The van der Waals surface area contributed by atoms with Crippen molar-refractivity contribution < 1.29 is 27.1 Å². The number of amides is 1. The molecule has 1 aromatic heterocycles. The van der Waals surface area contributed by atoms with E-state index in [4.69, 9.17) is 11.6 Å². The van der Waals surface area contributed by atoms with E-state index in [1.54, 1.807) is 37.5 Å². The van der Waals surface area contributed by atoms with E-state index in [-0.39, 0.29) is 24.7 Å². The van der Waals surface area contributed by atoms with Crippen molar-refractivity contribution in [2.24, 2.45) is 4.99 Å². The molecule has 11 heteroatoms. The first-order valence-electron chi connectivity index (χ1n) is 10.6. The summed E-state index contributed by atoms with van der Waals surface area (Å²) in [6.07, 6.45) is -6.91. The molecule has 0 radical (unpaired) electrons. The van der Waals surface area contributed by atoms with Gasteiger partial charge in [0.1, 0.15) is 5.69 Å². The number of nitrogens with zero attached hydrogens (tertiary/aromatic N) is 4. The van der Waals surface area contributed by atoms with Crippen molar-refractivity contribution >= 4 is 23.7 Å². The monoisotopic (exact) mass is 508 g/mol. The Hall–Kier alpha value is -3.24. The fourth-order valence-electron chi connectivity index (χ4n) is 3.78. The first-order valence-corrected chi connectivity index (χ1v) is 11.0. The number of halogens is 5. The van der Waals surface area contributed by atoms with E-state index < -0.39 is 25.2 Å². The lowest BCUT2D eigenvalue weighted by Crippen LogP contribution is -2.45. The Bertz CT molecular complexity index is 1210. The third-order valence-corrected chi connectivity index (χ3v) is 5.76. The molecule has 35 heavy (non-hydrogen) atoms. The van der Waals surface area contributed by atoms with Gasteiger partial charge in [0.05, 0.1) is 18.3 Å². The summed E-state index contributed by atoms with van der Waals surface area (Å²) >= 11 is 5.94. The average Bonchev–Trinajstić information content (AvgIpc) is 3.28. The normalized spacial score (nSPS) is 16.4. The Balaban J connectivity index is 1.64. The molecule has 0 fully saturated rings. The van der Waals surface area contributed by atoms with Gasteiger partial charge >= 0.3 is 12.5 Å². The van der Waals surface area contributed by atoms with Crippen LogP contribution in [0.2, 0.25) is 5.02 Å². The third-order valence-electron chi connectivity index (χ3n) is 5.51. The number of fused-ring (bicyclic) bond motifs is 1. The number of hydrogen-bond acceptors (Lipinski definition) is 4. The minimum atomic E-state index is -4.62. The van der Waals surface area contributed by atoms with Gasteiger partial charge in [-0.2, -0.15) is 13.9 Å². The fourth-order valence-corrected chi connectivity index (χ4v) is 3.91. The van der Waals surface area contributed by atoms with Gasteiger partial charge in [-0.3, -0.25) is 14.5 Å². The Labute approximate surface area is 203 Å². The number of carbonyl (C=O) groups excluding carboxylic acids is 1. The van der Waals surface area contributed by atoms with E-state index in [0.29, 0.717) is 16.3 Å². The van der Waals surface area contributed by atoms with Gasteiger partial charge in [-0.15, -0.1) is 0 Å². The smallest absolute Gasteiger partial charge is 0.331 e. The van der Waals surface area contributed by atoms with Crippen molar-refractivity contribution in [3.05, 3.63) is 76.4 Å². The van der Waals surface area contributed by atoms with E-state index in [9.17, 15) is 22.4 Å². The number of benzene rings is 2. The topological polar surface area (TPSA) is 59.7 Å². The van der Waals surface area contributed by atoms with Crippen molar-refractivity contribution in [1.29, 1.82) is 0 Å². The van der Waals surface area contributed by atoms with Crippen LogP contribution in [0.15, 0.2) is 59.6 Å². The second-order valence-electron chi connectivity index (χ2n) is 8.01. The van der Waals surface area contributed by atoms with Gasteiger partial charge in [-0.05, 0) is 29.3 Å². The number of rotatable bonds is 8. The SMILES string of the molecule is CN=Cc1ccc(CN2CC(COC(F)(F)C(F)F)n3nc(-c4ccc(Cl)cc4)cc3C2=O)cc1. The molecule has 0 spiro atoms. The average molecular weight is 509 g/mol. The number of hydrogen-bond donors (Lipinski definition) is 0. The summed E-state index contributed by atoms with van der Waals surface area (Å²) in [7, 11) is 1.65. The number of alkyl halides is 4. The van der Waals surface area contributed by atoms with Gasteiger partial charge in [0.25, 0.3) is 5.91 Å². The van der Waals surface area contributed by atoms with Crippen molar-refractivity contribution in [2.75, 3.05) is 20.2 Å². The minimum Gasteiger partial charge on any atom is -0.331 e. The summed E-state index contributed by atoms with van der Waals surface area (Å²) in [5.74, 6) is -0.367. The molecule has 4 rings (SSSR count). The molecule has 0 saturated heterocycles. The van der Waals surface area contributed by atoms with Crippen LogP contribution in [-0.2, 0) is 11.3 Å². The molecule has 1 aliphatic rings. The van der Waals surface area contributed by atoms with Crippen LogP contribution in [0.1, 0.15) is 27.7 Å². The second kappa shape index (κ2) is 10.2. The van der Waals surface area contributed by atoms with Gasteiger partial charge in [0.2, 0.25) is 0 Å². The lowest BCUT2D eigenvalue weighted by molar-refractivity contribution is -0.303. The summed E-state index contributed by atoms with van der Waals surface area (Å²) in [6.45, 7) is -0.627. The summed E-state index contributed by atoms with van der Waals surface area (Å²) < 4.78 is 57.9. The summed E-state index contributed by atoms with van der Waals surface area (Å²) in [6, 6.07) is 14.7. The maximum Gasteiger partial charge on any atom is 0.416 e. The highest BCUT2D eigenvalue weighted by atomic mass is 35.5. The molecule has 6 nitrogen and oxygen atoms in total. The second-order valence-corrected chi connectivity index (χ2v) is 8.44. The molecule has 0 bridgehead atoms. The van der Waals surface area contributed by atoms with Gasteiger partial charge in [0.15, 0.2) is 0 Å². The Kier molecular flexibility index (Phi) is 7.23. The molecule has 0 aliphatic carbocycles. The lowest BCUT2D eigenvalue weighted by Gasteiger charge is -2.34. The van der Waals surface area contributed by atoms with Crippen molar-refractivity contribution in [3.8, 4) is 11.3 Å². The van der Waals surface area contributed by atoms with Crippen LogP contribution < -0.4 is 0 Å². The molecular weight excluding hydrogens is 488 g/mol. The summed E-state index contributed by atoms with van der Waals surface area (Å²) in [5, 5.41) is 4.91. The van der Waals surface area contributed by atoms with Gasteiger partial charge in [-0.1, -0.05) is 48.0 Å². The molecule has 1 amide bonds. The zero-order valence-electron chi connectivity index (χ0n) is 18.5. The molecule has 2 heterocycles. The zero-order valence-corrected chi connectivity index (χ0v) is 19.3. The first-order chi connectivity index (χ1) is 16.7. The minimum absolute atomic E-state index is 0.0505. The van der Waals surface area contributed by atoms with E-state index in [0.717, 1.165) is 11.1 Å². The predicted octanol–water partition coefficient (Wildman–Crippen LogP) is 5.32. The van der Waals surface area contributed by atoms with Crippen LogP contribution >= 0.6 is 11.6 Å². The van der Waals surface area contributed by atoms with Crippen LogP contribution in [-0.4, -0.2) is 59.5 Å². The van der Waals surface area contributed by atoms with Crippen LogP contribution in [0.5, 0.6) is 0 Å². The molecular formula is C24H21ClF4N4O2. The van der Waals surface area contributed by atoms with E-state index in [2.05, 4.69) is 14.8 Å². The van der Waals surface area contributed by atoms with Gasteiger partial charge in [-0.25, -0.2) is 8.78 Å². The highest BCUT2D eigenvalue weighted by Crippen LogP contribution is 2.31. The van der Waals surface area contributed by atoms with Crippen molar-refractivity contribution in [1.82, 2.24) is 14.7 Å². The quantitative estimate of drug-likeness (QED) is 0.305. The number of carbonyl (C=O) groups is 1. The third kappa shape index (κ3) is 5.54. The molecule has 1 aliphatic heterocycles. The Morgan fingerprint density at radius 3 is 2.51 bits per heavy atom. The summed E-state index contributed by atoms with van der Waals surface area (Å²) in [4.78, 5) is 18.7. The molecule has 2 aromatic carbocycles. The number of aliphatic imine (C=N–C) groups is 1. The van der Waals surface area contributed by atoms with Crippen LogP contribution in [0.3, 0.4) is 0 Å². The molecule has 184 valence electrons. The first kappa shape index (κ1) is 24.9. The predicted molar refractivity (Wildman–Crippen MR) is 123 cm³/mol. The molecule has 0 N–H and O–H groups in total. The maximum atomic E-state index is 13.5. The van der Waals surface area contributed by atoms with Crippen LogP contribution in [0, 0.1) is 0 Å². The van der Waals surface area contributed by atoms with Gasteiger partial charge in [0, 0.05) is 36.9 Å².